The highest BCUT2D eigenvalue weighted by Gasteiger charge is 2.24. The zero-order chi connectivity index (χ0) is 24.1. The fourth-order valence-corrected chi connectivity index (χ4v) is 4.45. The van der Waals surface area contributed by atoms with Crippen LogP contribution in [0.25, 0.3) is 22.5 Å². The van der Waals surface area contributed by atoms with E-state index in [1.807, 2.05) is 46.8 Å². The summed E-state index contributed by atoms with van der Waals surface area (Å²) in [6.45, 7) is 10.1. The molecule has 0 aliphatic rings. The molecule has 0 saturated heterocycles. The van der Waals surface area contributed by atoms with E-state index in [0.717, 1.165) is 21.4 Å². The van der Waals surface area contributed by atoms with Gasteiger partial charge in [0.25, 0.3) is 5.56 Å². The van der Waals surface area contributed by atoms with Crippen LogP contribution in [0.5, 0.6) is 0 Å². The van der Waals surface area contributed by atoms with Gasteiger partial charge >= 0.3 is 5.69 Å². The molecule has 0 N–H and O–H groups in total. The Kier molecular flexibility index (Phi) is 5.78. The Bertz CT molecular complexity index is 1490. The maximum absolute atomic E-state index is 13.0. The van der Waals surface area contributed by atoms with Crippen molar-refractivity contribution < 1.29 is 4.42 Å². The molecule has 0 radical (unpaired) electrons. The Balaban J connectivity index is 1.75. The maximum Gasteiger partial charge on any atom is 0.332 e. The second-order valence-electron chi connectivity index (χ2n) is 9.26. The Morgan fingerprint density at radius 2 is 1.76 bits per heavy atom. The van der Waals surface area contributed by atoms with E-state index in [1.165, 1.54) is 28.9 Å². The van der Waals surface area contributed by atoms with Gasteiger partial charge in [-0.3, -0.25) is 13.9 Å². The number of benzene rings is 1. The molecule has 4 aromatic rings. The number of fused-ring (bicyclic) bond motifs is 1. The van der Waals surface area contributed by atoms with E-state index < -0.39 is 11.2 Å². The molecule has 4 rings (SSSR count). The third-order valence-corrected chi connectivity index (χ3v) is 6.47. The van der Waals surface area contributed by atoms with Crippen molar-refractivity contribution in [2.75, 3.05) is 0 Å². The average Bonchev–Trinajstić information content (AvgIpc) is 3.22. The Hall–Kier alpha value is -3.20. The molecule has 3 aromatic heterocycles. The van der Waals surface area contributed by atoms with E-state index in [4.69, 9.17) is 9.40 Å². The molecule has 3 heterocycles. The van der Waals surface area contributed by atoms with Crippen molar-refractivity contribution in [3.63, 3.8) is 0 Å². The molecule has 172 valence electrons. The second-order valence-corrected chi connectivity index (χ2v) is 10.2. The molecule has 8 nitrogen and oxygen atoms in total. The highest BCUT2D eigenvalue weighted by atomic mass is 32.2. The van der Waals surface area contributed by atoms with Crippen molar-refractivity contribution >= 4 is 22.8 Å². The van der Waals surface area contributed by atoms with Gasteiger partial charge in [0.1, 0.15) is 22.5 Å². The van der Waals surface area contributed by atoms with Gasteiger partial charge in [-0.15, -0.1) is 0 Å². The predicted octanol–water partition coefficient (Wildman–Crippen LogP) is 3.89. The van der Waals surface area contributed by atoms with Crippen LogP contribution in [0.2, 0.25) is 0 Å². The number of aryl methyl sites for hydroxylation is 3. The minimum atomic E-state index is -0.420. The first-order chi connectivity index (χ1) is 15.5. The first-order valence-electron chi connectivity index (χ1n) is 10.6. The van der Waals surface area contributed by atoms with Crippen LogP contribution in [0.3, 0.4) is 0 Å². The van der Waals surface area contributed by atoms with Gasteiger partial charge in [0.2, 0.25) is 5.89 Å². The molecule has 0 bridgehead atoms. The maximum atomic E-state index is 13.0. The van der Waals surface area contributed by atoms with E-state index in [0.29, 0.717) is 33.5 Å². The lowest BCUT2D eigenvalue weighted by Crippen LogP contribution is -2.38. The number of rotatable bonds is 4. The smallest absolute Gasteiger partial charge is 0.332 e. The molecule has 9 heteroatoms. The fourth-order valence-electron chi connectivity index (χ4n) is 3.56. The largest absolute Gasteiger partial charge is 0.444 e. The Labute approximate surface area is 195 Å². The molecular weight excluding hydrogens is 438 g/mol. The van der Waals surface area contributed by atoms with Gasteiger partial charge in [0, 0.05) is 30.8 Å². The molecule has 1 aromatic carbocycles. The zero-order valence-electron chi connectivity index (χ0n) is 19.9. The lowest BCUT2D eigenvalue weighted by molar-refractivity contribution is 0.539. The van der Waals surface area contributed by atoms with Crippen LogP contribution in [0.4, 0.5) is 0 Å². The summed E-state index contributed by atoms with van der Waals surface area (Å²) in [5, 5.41) is 0.855. The van der Waals surface area contributed by atoms with E-state index in [1.54, 1.807) is 13.3 Å². The van der Waals surface area contributed by atoms with Crippen molar-refractivity contribution in [3.8, 4) is 11.5 Å². The molecule has 0 saturated carbocycles. The Morgan fingerprint density at radius 1 is 1.03 bits per heavy atom. The van der Waals surface area contributed by atoms with Crippen LogP contribution >= 0.6 is 11.8 Å². The summed E-state index contributed by atoms with van der Waals surface area (Å²) in [6, 6.07) is 6.13. The van der Waals surface area contributed by atoms with Gasteiger partial charge in [-0.1, -0.05) is 50.2 Å². The minimum Gasteiger partial charge on any atom is -0.444 e. The first-order valence-corrected chi connectivity index (χ1v) is 11.6. The van der Waals surface area contributed by atoms with Gasteiger partial charge in [0.15, 0.2) is 5.65 Å². The van der Waals surface area contributed by atoms with Crippen molar-refractivity contribution in [2.45, 2.75) is 50.8 Å². The van der Waals surface area contributed by atoms with Crippen molar-refractivity contribution in [2.24, 2.45) is 14.1 Å². The van der Waals surface area contributed by atoms with Crippen LogP contribution in [-0.2, 0) is 25.3 Å². The van der Waals surface area contributed by atoms with Crippen LogP contribution in [0.1, 0.15) is 43.4 Å². The van der Waals surface area contributed by atoms with Gasteiger partial charge in [-0.05, 0) is 25.5 Å². The molecule has 0 aliphatic carbocycles. The van der Waals surface area contributed by atoms with Crippen LogP contribution in [-0.4, -0.2) is 24.1 Å². The molecule has 0 spiro atoms. The van der Waals surface area contributed by atoms with Crippen molar-refractivity contribution in [3.05, 3.63) is 67.9 Å². The lowest BCUT2D eigenvalue weighted by Gasteiger charge is -2.19. The van der Waals surface area contributed by atoms with Gasteiger partial charge < -0.3 is 4.42 Å². The van der Waals surface area contributed by atoms with E-state index in [2.05, 4.69) is 16.0 Å². The predicted molar refractivity (Wildman–Crippen MR) is 130 cm³/mol. The average molecular weight is 466 g/mol. The van der Waals surface area contributed by atoms with E-state index in [9.17, 15) is 9.59 Å². The third kappa shape index (κ3) is 4.25. The molecular formula is C24H27N5O3S. The summed E-state index contributed by atoms with van der Waals surface area (Å²) in [7, 11) is 3.08. The first kappa shape index (κ1) is 23.0. The van der Waals surface area contributed by atoms with Crippen LogP contribution in [0.15, 0.2) is 43.5 Å². The third-order valence-electron chi connectivity index (χ3n) is 5.46. The normalized spacial score (nSPS) is 12.0. The topological polar surface area (TPSA) is 95.8 Å². The van der Waals surface area contributed by atoms with E-state index in [-0.39, 0.29) is 5.41 Å². The fraction of sp³-hybridized carbons (Fsp3) is 0.375. The molecule has 0 fully saturated rings. The number of hydrogen-bond donors (Lipinski definition) is 0. The minimum absolute atomic E-state index is 0.329. The summed E-state index contributed by atoms with van der Waals surface area (Å²) < 4.78 is 8.21. The monoisotopic (exact) mass is 465 g/mol. The zero-order valence-corrected chi connectivity index (χ0v) is 20.7. The molecule has 0 unspecified atom stereocenters. The quantitative estimate of drug-likeness (QED) is 0.333. The SMILES string of the molecule is Cc1ccc(-c2nc(CSc3nc(C(C)(C)C)nc4c3c(=O)n(C)c(=O)n4C)co2)c(C)c1. The van der Waals surface area contributed by atoms with E-state index >= 15 is 0 Å². The highest BCUT2D eigenvalue weighted by molar-refractivity contribution is 7.98. The summed E-state index contributed by atoms with van der Waals surface area (Å²) in [5.74, 6) is 1.58. The molecule has 0 aliphatic heterocycles. The van der Waals surface area contributed by atoms with Gasteiger partial charge in [-0.25, -0.2) is 19.7 Å². The summed E-state index contributed by atoms with van der Waals surface area (Å²) in [4.78, 5) is 39.4. The summed E-state index contributed by atoms with van der Waals surface area (Å²) in [6.07, 6.45) is 1.63. The van der Waals surface area contributed by atoms with Crippen LogP contribution in [0, 0.1) is 13.8 Å². The number of oxazole rings is 1. The number of aromatic nitrogens is 5. The second kappa shape index (κ2) is 8.30. The lowest BCUT2D eigenvalue weighted by atomic mass is 9.96. The van der Waals surface area contributed by atoms with Crippen LogP contribution < -0.4 is 11.2 Å². The van der Waals surface area contributed by atoms with Crippen molar-refractivity contribution in [1.29, 1.82) is 0 Å². The molecule has 33 heavy (non-hydrogen) atoms. The summed E-state index contributed by atoms with van der Waals surface area (Å²) in [5.41, 5.74) is 3.11. The van der Waals surface area contributed by atoms with Crippen molar-refractivity contribution in [1.82, 2.24) is 24.1 Å². The number of thioether (sulfide) groups is 1. The molecule has 0 amide bonds. The number of nitrogens with zero attached hydrogens (tertiary/aromatic N) is 5. The highest BCUT2D eigenvalue weighted by Crippen LogP contribution is 2.30. The summed E-state index contributed by atoms with van der Waals surface area (Å²) >= 11 is 1.38. The standard InChI is InChI=1S/C24H27N5O3S/c1-13-8-9-16(14(2)10-13)19-25-15(11-32-19)12-33-20-17-18(26-22(27-20)24(3,4)5)28(6)23(31)29(7)21(17)30/h8-11H,12H2,1-7H3. The van der Waals surface area contributed by atoms with Gasteiger partial charge in [-0.2, -0.15) is 0 Å². The number of hydrogen-bond acceptors (Lipinski definition) is 7. The molecule has 0 atom stereocenters. The Morgan fingerprint density at radius 3 is 2.42 bits per heavy atom. The van der Waals surface area contributed by atoms with Gasteiger partial charge in [0.05, 0.1) is 5.69 Å².